The van der Waals surface area contributed by atoms with Gasteiger partial charge in [-0.25, -0.2) is 4.79 Å². The van der Waals surface area contributed by atoms with Crippen LogP contribution in [0.2, 0.25) is 15.2 Å². The minimum absolute atomic E-state index is 0.00464. The first-order valence-corrected chi connectivity index (χ1v) is 6.87. The van der Waals surface area contributed by atoms with Gasteiger partial charge < -0.3 is 15.8 Å². The summed E-state index contributed by atoms with van der Waals surface area (Å²) in [6.07, 6.45) is 0.467. The number of rotatable bonds is 5. The van der Waals surface area contributed by atoms with Crippen molar-refractivity contribution >= 4 is 52.4 Å². The molecule has 1 atom stereocenters. The maximum atomic E-state index is 12.0. The summed E-state index contributed by atoms with van der Waals surface area (Å²) in [5.41, 5.74) is 5.37. The fraction of sp³-hybridized carbons (Fsp3) is 0.250. The summed E-state index contributed by atoms with van der Waals surface area (Å²) >= 11 is 17.5. The van der Waals surface area contributed by atoms with Crippen LogP contribution in [0.4, 0.5) is 5.69 Å². The van der Waals surface area contributed by atoms with E-state index in [1.165, 1.54) is 13.0 Å². The summed E-state index contributed by atoms with van der Waals surface area (Å²) < 4.78 is 4.97. The minimum atomic E-state index is -1.03. The average molecular weight is 354 g/mol. The number of aromatic amines is 1. The van der Waals surface area contributed by atoms with Crippen molar-refractivity contribution in [3.63, 3.8) is 0 Å². The number of amides is 1. The number of carbonyl (C=O) groups excluding carboxylic acids is 2. The lowest BCUT2D eigenvalue weighted by Gasteiger charge is -2.11. The molecule has 0 fully saturated rings. The summed E-state index contributed by atoms with van der Waals surface area (Å²) in [4.78, 5) is 26.0. The lowest BCUT2D eigenvalue weighted by atomic mass is 10.3. The molecule has 0 saturated carbocycles. The lowest BCUT2D eigenvalue weighted by Crippen LogP contribution is -2.37. The maximum Gasteiger partial charge on any atom is 0.406 e. The van der Waals surface area contributed by atoms with Gasteiger partial charge in [0.15, 0.2) is 6.10 Å². The molecule has 0 bridgehead atoms. The van der Waals surface area contributed by atoms with Crippen molar-refractivity contribution in [2.24, 2.45) is 0 Å². The second kappa shape index (κ2) is 7.49. The van der Waals surface area contributed by atoms with Crippen molar-refractivity contribution < 1.29 is 19.3 Å². The summed E-state index contributed by atoms with van der Waals surface area (Å²) in [7, 11) is 0. The molecule has 9 heteroatoms. The molecule has 0 saturated heterocycles. The topological polar surface area (TPSA) is 95.6 Å². The Morgan fingerprint density at radius 2 is 2.05 bits per heavy atom. The normalized spacial score (nSPS) is 11.6. The monoisotopic (exact) mass is 352 g/mol. The highest BCUT2D eigenvalue weighted by Gasteiger charge is 2.29. The smallest absolute Gasteiger partial charge is 0.406 e. The van der Waals surface area contributed by atoms with Crippen molar-refractivity contribution in [2.75, 3.05) is 12.3 Å². The molecule has 21 heavy (non-hydrogen) atoms. The van der Waals surface area contributed by atoms with E-state index in [9.17, 15) is 9.59 Å². The van der Waals surface area contributed by atoms with Crippen molar-refractivity contribution in [2.45, 2.75) is 13.0 Å². The Morgan fingerprint density at radius 3 is 2.62 bits per heavy atom. The van der Waals surface area contributed by atoms with E-state index >= 15 is 0 Å². The van der Waals surface area contributed by atoms with Gasteiger partial charge in [-0.1, -0.05) is 29.3 Å². The van der Waals surface area contributed by atoms with Crippen molar-refractivity contribution in [1.29, 1.82) is 0 Å². The summed E-state index contributed by atoms with van der Waals surface area (Å²) in [5, 5.41) is 2.29. The van der Waals surface area contributed by atoms with Gasteiger partial charge >= 0.3 is 11.7 Å². The van der Waals surface area contributed by atoms with Crippen molar-refractivity contribution in [3.05, 3.63) is 33.5 Å². The molecule has 0 unspecified atom stereocenters. The van der Waals surface area contributed by atoms with Crippen LogP contribution in [-0.4, -0.2) is 24.5 Å². The third kappa shape index (κ3) is 4.23. The van der Waals surface area contributed by atoms with Gasteiger partial charge in [-0.05, 0) is 18.5 Å². The minimum Gasteiger partial charge on any atom is -0.445 e. The van der Waals surface area contributed by atoms with E-state index in [0.717, 1.165) is 0 Å². The van der Waals surface area contributed by atoms with Gasteiger partial charge in [-0.15, -0.1) is 6.58 Å². The second-order valence-electron chi connectivity index (χ2n) is 3.94. The summed E-state index contributed by atoms with van der Waals surface area (Å²) in [6, 6.07) is 0. The zero-order valence-electron chi connectivity index (χ0n) is 11.0. The molecule has 0 aromatic carbocycles. The van der Waals surface area contributed by atoms with E-state index in [2.05, 4.69) is 16.9 Å². The molecule has 0 aliphatic carbocycles. The molecule has 0 spiro atoms. The van der Waals surface area contributed by atoms with Gasteiger partial charge in [0, 0.05) is 6.54 Å². The Bertz CT molecular complexity index is 593. The molecule has 0 aliphatic heterocycles. The highest BCUT2D eigenvalue weighted by Crippen LogP contribution is 2.32. The Labute approximate surface area is 136 Å². The number of anilines is 1. The summed E-state index contributed by atoms with van der Waals surface area (Å²) in [6.45, 7) is 5.12. The third-order valence-corrected chi connectivity index (χ3v) is 3.56. The number of esters is 1. The van der Waals surface area contributed by atoms with Crippen LogP contribution in [0.1, 0.15) is 17.4 Å². The quantitative estimate of drug-likeness (QED) is 0.480. The highest BCUT2D eigenvalue weighted by molar-refractivity contribution is 6.45. The number of aromatic nitrogens is 1. The first kappa shape index (κ1) is 17.6. The van der Waals surface area contributed by atoms with E-state index in [-0.39, 0.29) is 33.1 Å². The lowest BCUT2D eigenvalue weighted by molar-refractivity contribution is -0.380. The van der Waals surface area contributed by atoms with E-state index in [1.807, 2.05) is 0 Å². The number of carbonyl (C=O) groups is 2. The number of halogens is 3. The van der Waals surface area contributed by atoms with Crippen molar-refractivity contribution in [1.82, 2.24) is 5.32 Å². The number of nitrogen functional groups attached to an aromatic ring is 1. The molecule has 1 aromatic heterocycles. The van der Waals surface area contributed by atoms with Gasteiger partial charge in [0.05, 0.1) is 5.69 Å². The Kier molecular flexibility index (Phi) is 6.26. The van der Waals surface area contributed by atoms with Gasteiger partial charge in [0.1, 0.15) is 10.0 Å². The number of H-pyrrole nitrogens is 1. The highest BCUT2D eigenvalue weighted by atomic mass is 35.5. The molecule has 0 radical (unpaired) electrons. The fourth-order valence-electron chi connectivity index (χ4n) is 1.30. The number of hydrogen-bond donors (Lipinski definition) is 2. The number of pyridine rings is 1. The van der Waals surface area contributed by atoms with Crippen molar-refractivity contribution in [3.8, 4) is 0 Å². The SMILES string of the molecule is C=CCNC(=O)[C@@H](C)OC(=O)c1[nH+]c(Cl)c(Cl)c(N)c1Cl. The first-order chi connectivity index (χ1) is 9.79. The van der Waals surface area contributed by atoms with Crippen LogP contribution in [0.15, 0.2) is 12.7 Å². The fourth-order valence-corrected chi connectivity index (χ4v) is 1.90. The molecule has 1 aromatic rings. The largest absolute Gasteiger partial charge is 0.445 e. The summed E-state index contributed by atoms with van der Waals surface area (Å²) in [5.74, 6) is -1.36. The molecular formula is C12H13Cl3N3O3+. The first-order valence-electron chi connectivity index (χ1n) is 5.74. The predicted molar refractivity (Wildman–Crippen MR) is 80.5 cm³/mol. The van der Waals surface area contributed by atoms with Crippen LogP contribution >= 0.6 is 34.8 Å². The van der Waals surface area contributed by atoms with Crippen LogP contribution in [0.3, 0.4) is 0 Å². The Morgan fingerprint density at radius 1 is 1.43 bits per heavy atom. The molecule has 1 amide bonds. The van der Waals surface area contributed by atoms with Gasteiger partial charge in [-0.3, -0.25) is 4.79 Å². The standard InChI is InChI=1S/C12H12Cl3N3O3/c1-3-4-17-11(19)5(2)21-12(20)9-6(13)8(16)7(14)10(15)18-9/h3,5H,1,4H2,2H3,(H2,16,18)(H,17,19)/p+1/t5-/m1/s1. The number of ether oxygens (including phenoxy) is 1. The molecule has 1 heterocycles. The maximum absolute atomic E-state index is 12.0. The van der Waals surface area contributed by atoms with Crippen LogP contribution in [0.25, 0.3) is 0 Å². The van der Waals surface area contributed by atoms with E-state index < -0.39 is 18.0 Å². The zero-order valence-corrected chi connectivity index (χ0v) is 13.3. The van der Waals surface area contributed by atoms with E-state index in [4.69, 9.17) is 45.3 Å². The Balaban J connectivity index is 2.90. The second-order valence-corrected chi connectivity index (χ2v) is 5.07. The third-order valence-electron chi connectivity index (χ3n) is 2.40. The van der Waals surface area contributed by atoms with E-state index in [1.54, 1.807) is 0 Å². The van der Waals surface area contributed by atoms with Crippen LogP contribution in [-0.2, 0) is 9.53 Å². The average Bonchev–Trinajstić information content (AvgIpc) is 2.45. The number of nitrogens with one attached hydrogen (secondary N) is 2. The molecule has 0 aliphatic rings. The molecule has 4 N–H and O–H groups in total. The predicted octanol–water partition coefficient (Wildman–Crippen LogP) is 1.89. The molecular weight excluding hydrogens is 341 g/mol. The molecule has 1 rings (SSSR count). The Hall–Kier alpha value is -1.50. The zero-order chi connectivity index (χ0) is 16.2. The van der Waals surface area contributed by atoms with Crippen LogP contribution in [0.5, 0.6) is 0 Å². The van der Waals surface area contributed by atoms with Gasteiger partial charge in [0.25, 0.3) is 11.1 Å². The molecule has 6 nitrogen and oxygen atoms in total. The molecule has 114 valence electrons. The van der Waals surface area contributed by atoms with Gasteiger partial charge in [0.2, 0.25) is 0 Å². The van der Waals surface area contributed by atoms with Gasteiger partial charge in [-0.2, -0.15) is 4.98 Å². The van der Waals surface area contributed by atoms with E-state index in [0.29, 0.717) is 0 Å². The van der Waals surface area contributed by atoms with Crippen LogP contribution in [0, 0.1) is 0 Å². The number of nitrogens with two attached hydrogens (primary N) is 1. The van der Waals surface area contributed by atoms with Crippen LogP contribution < -0.4 is 16.0 Å². The number of hydrogen-bond acceptors (Lipinski definition) is 4.